The number of ether oxygens (including phenoxy) is 3. The van der Waals surface area contributed by atoms with Gasteiger partial charge in [0.2, 0.25) is 0 Å². The fourth-order valence-corrected chi connectivity index (χ4v) is 6.14. The van der Waals surface area contributed by atoms with E-state index in [9.17, 15) is 18.8 Å². The predicted octanol–water partition coefficient (Wildman–Crippen LogP) is 6.00. The minimum Gasteiger partial charge on any atom is -0.447 e. The first kappa shape index (κ1) is 30.8. The van der Waals surface area contributed by atoms with Gasteiger partial charge >= 0.3 is 12.2 Å². The molecule has 1 unspecified atom stereocenters. The zero-order chi connectivity index (χ0) is 29.7. The lowest BCUT2D eigenvalue weighted by atomic mass is 9.73. The van der Waals surface area contributed by atoms with Crippen molar-refractivity contribution in [1.29, 1.82) is 0 Å². The molecule has 5 atom stereocenters. The Labute approximate surface area is 245 Å². The highest BCUT2D eigenvalue weighted by Crippen LogP contribution is 2.43. The lowest BCUT2D eigenvalue weighted by Crippen LogP contribution is -2.61. The lowest BCUT2D eigenvalue weighted by Gasteiger charge is -2.50. The van der Waals surface area contributed by atoms with E-state index in [0.29, 0.717) is 24.8 Å². The van der Waals surface area contributed by atoms with Crippen molar-refractivity contribution in [1.82, 2.24) is 9.80 Å². The van der Waals surface area contributed by atoms with Crippen molar-refractivity contribution in [3.63, 3.8) is 0 Å². The quantitative estimate of drug-likeness (QED) is 0.334. The van der Waals surface area contributed by atoms with Gasteiger partial charge in [0, 0.05) is 32.0 Å². The molecule has 0 spiro atoms. The highest BCUT2D eigenvalue weighted by Gasteiger charge is 2.52. The third-order valence-electron chi connectivity index (χ3n) is 7.70. The first-order valence-corrected chi connectivity index (χ1v) is 14.3. The van der Waals surface area contributed by atoms with Gasteiger partial charge < -0.3 is 23.9 Å². The molecule has 1 aliphatic carbocycles. The number of methoxy groups -OCH3 is 1. The molecule has 2 aliphatic rings. The zero-order valence-corrected chi connectivity index (χ0v) is 24.7. The van der Waals surface area contributed by atoms with Gasteiger partial charge in [-0.3, -0.25) is 4.90 Å². The molecule has 4 rings (SSSR count). The summed E-state index contributed by atoms with van der Waals surface area (Å²) >= 11 is 6.06. The average Bonchev–Trinajstić information content (AvgIpc) is 3.28. The smallest absolute Gasteiger partial charge is 0.410 e. The Morgan fingerprint density at radius 2 is 1.93 bits per heavy atom. The van der Waals surface area contributed by atoms with Crippen LogP contribution in [0.1, 0.15) is 57.1 Å². The third kappa shape index (κ3) is 7.19. The molecule has 0 N–H and O–H groups in total. The Morgan fingerprint density at radius 3 is 2.56 bits per heavy atom. The Balaban J connectivity index is 1.82. The number of nitrogens with zero attached hydrogens (tertiary/aromatic N) is 2. The number of rotatable bonds is 9. The topological polar surface area (TPSA) is 85.4 Å². The number of benzene rings is 2. The van der Waals surface area contributed by atoms with E-state index in [1.807, 2.05) is 30.3 Å². The summed E-state index contributed by atoms with van der Waals surface area (Å²) in [6.45, 7) is 5.61. The van der Waals surface area contributed by atoms with E-state index in [4.69, 9.17) is 25.8 Å². The monoisotopic (exact) mass is 588 g/mol. The van der Waals surface area contributed by atoms with Crippen LogP contribution in [-0.2, 0) is 25.4 Å². The predicted molar refractivity (Wildman–Crippen MR) is 152 cm³/mol. The first-order valence-electron chi connectivity index (χ1n) is 13.9. The van der Waals surface area contributed by atoms with Gasteiger partial charge in [-0.05, 0) is 63.3 Å². The normalized spacial score (nSPS) is 24.6. The maximum absolute atomic E-state index is 15.0. The molecule has 0 radical (unpaired) electrons. The van der Waals surface area contributed by atoms with Crippen LogP contribution in [0.5, 0.6) is 0 Å². The zero-order valence-electron chi connectivity index (χ0n) is 23.9. The number of hydrogen-bond acceptors (Lipinski definition) is 6. The average molecular weight is 589 g/mol. The second kappa shape index (κ2) is 13.2. The second-order valence-electron chi connectivity index (χ2n) is 11.6. The van der Waals surface area contributed by atoms with Gasteiger partial charge in [-0.15, -0.1) is 0 Å². The molecule has 1 saturated carbocycles. The van der Waals surface area contributed by atoms with Crippen LogP contribution in [0.3, 0.4) is 0 Å². The van der Waals surface area contributed by atoms with Gasteiger partial charge in [-0.25, -0.2) is 14.0 Å². The molecule has 2 aromatic carbocycles. The molecule has 2 fully saturated rings. The number of halogens is 2. The van der Waals surface area contributed by atoms with Crippen LogP contribution in [0, 0.1) is 5.82 Å². The molecule has 8 nitrogen and oxygen atoms in total. The van der Waals surface area contributed by atoms with E-state index in [1.165, 1.54) is 12.1 Å². The molecule has 0 aromatic heterocycles. The molecule has 222 valence electrons. The Hall–Kier alpha value is -3.17. The minimum atomic E-state index is -0.777. The number of aldehydes is 1. The van der Waals surface area contributed by atoms with E-state index in [0.717, 1.165) is 11.8 Å². The molecule has 2 amide bonds. The number of cyclic esters (lactones) is 1. The summed E-state index contributed by atoms with van der Waals surface area (Å²) in [6, 6.07) is 12.9. The Morgan fingerprint density at radius 1 is 1.20 bits per heavy atom. The van der Waals surface area contributed by atoms with E-state index >= 15 is 0 Å². The van der Waals surface area contributed by atoms with Gasteiger partial charge in [-0.1, -0.05) is 48.0 Å². The summed E-state index contributed by atoms with van der Waals surface area (Å²) in [7, 11) is 1.59. The lowest BCUT2D eigenvalue weighted by molar-refractivity contribution is -0.108. The van der Waals surface area contributed by atoms with E-state index < -0.39 is 47.7 Å². The van der Waals surface area contributed by atoms with Crippen LogP contribution in [0.25, 0.3) is 0 Å². The Kier molecular flexibility index (Phi) is 9.92. The molecule has 2 aromatic rings. The number of carbonyl (C=O) groups is 3. The van der Waals surface area contributed by atoms with Crippen molar-refractivity contribution in [3.05, 3.63) is 70.5 Å². The molecule has 1 heterocycles. The van der Waals surface area contributed by atoms with Gasteiger partial charge in [0.15, 0.2) is 0 Å². The number of amides is 2. The van der Waals surface area contributed by atoms with Crippen LogP contribution in [0.15, 0.2) is 48.5 Å². The first-order chi connectivity index (χ1) is 19.5. The Bertz CT molecular complexity index is 1220. The van der Waals surface area contributed by atoms with Crippen LogP contribution < -0.4 is 0 Å². The molecule has 41 heavy (non-hydrogen) atoms. The third-order valence-corrected chi connectivity index (χ3v) is 8.00. The molecular formula is C31H38ClFN2O6. The highest BCUT2D eigenvalue weighted by molar-refractivity contribution is 6.30. The summed E-state index contributed by atoms with van der Waals surface area (Å²) in [6.07, 6.45) is 0.892. The van der Waals surface area contributed by atoms with Gasteiger partial charge in [0.25, 0.3) is 0 Å². The van der Waals surface area contributed by atoms with Gasteiger partial charge in [-0.2, -0.15) is 0 Å². The summed E-state index contributed by atoms with van der Waals surface area (Å²) in [4.78, 5) is 41.7. The van der Waals surface area contributed by atoms with Crippen LogP contribution >= 0.6 is 11.6 Å². The van der Waals surface area contributed by atoms with E-state index in [1.54, 1.807) is 43.7 Å². The van der Waals surface area contributed by atoms with Gasteiger partial charge in [0.05, 0.1) is 23.2 Å². The largest absolute Gasteiger partial charge is 0.447 e. The number of hydrogen-bond donors (Lipinski definition) is 0. The van der Waals surface area contributed by atoms with Crippen molar-refractivity contribution < 1.29 is 33.0 Å². The molecular weight excluding hydrogens is 551 g/mol. The minimum absolute atomic E-state index is 0.0339. The maximum atomic E-state index is 15.0. The van der Waals surface area contributed by atoms with E-state index in [2.05, 4.69) is 0 Å². The molecule has 1 saturated heterocycles. The fraction of sp³-hybridized carbons (Fsp3) is 0.516. The molecule has 1 aliphatic heterocycles. The fourth-order valence-electron chi connectivity index (χ4n) is 6.03. The van der Waals surface area contributed by atoms with Crippen molar-refractivity contribution in [3.8, 4) is 0 Å². The van der Waals surface area contributed by atoms with Crippen LogP contribution in [0.2, 0.25) is 5.02 Å². The second-order valence-corrected chi connectivity index (χ2v) is 12.0. The maximum Gasteiger partial charge on any atom is 0.410 e. The SMILES string of the molecule is CO[C@H]1CC[C@@H](N(CCC=O)C(=O)OC(C)(C)C)C(c2ccc(Cl)c(F)c2)[C@@H]1N1C(=O)OC[C@H]1Cc1ccccc1. The number of carbonyl (C=O) groups excluding carboxylic acids is 3. The van der Waals surface area contributed by atoms with E-state index in [-0.39, 0.29) is 30.6 Å². The van der Waals surface area contributed by atoms with Crippen LogP contribution in [-0.4, -0.2) is 78.4 Å². The summed E-state index contributed by atoms with van der Waals surface area (Å²) in [5.41, 5.74) is 0.820. The standard InChI is InChI=1S/C31H38ClFN2O6/c1-31(2,3)41-29(37)34(15-8-16-36)25-13-14-26(39-4)28(27(25)21-11-12-23(32)24(33)18-21)35-22(19-40-30(35)38)17-20-9-6-5-7-10-20/h5-7,9-12,16,18,22,25-28H,8,13-15,17,19H2,1-4H3/t22-,25-,26+,27?,28-/m1/s1. The highest BCUT2D eigenvalue weighted by atomic mass is 35.5. The summed E-state index contributed by atoms with van der Waals surface area (Å²) in [5, 5.41) is -0.0339. The summed E-state index contributed by atoms with van der Waals surface area (Å²) in [5.74, 6) is -1.20. The summed E-state index contributed by atoms with van der Waals surface area (Å²) < 4.78 is 32.2. The van der Waals surface area contributed by atoms with Crippen LogP contribution in [0.4, 0.5) is 14.0 Å². The molecule has 10 heteroatoms. The van der Waals surface area contributed by atoms with Crippen molar-refractivity contribution >= 4 is 30.1 Å². The van der Waals surface area contributed by atoms with Crippen molar-refractivity contribution in [2.24, 2.45) is 0 Å². The molecule has 0 bridgehead atoms. The van der Waals surface area contributed by atoms with Crippen molar-refractivity contribution in [2.45, 2.75) is 82.2 Å². The van der Waals surface area contributed by atoms with Gasteiger partial charge in [0.1, 0.15) is 24.3 Å². The van der Waals surface area contributed by atoms with Crippen molar-refractivity contribution in [2.75, 3.05) is 20.3 Å².